The van der Waals surface area contributed by atoms with Crippen LogP contribution in [0.15, 0.2) is 42.5 Å². The molecule has 4 rings (SSSR count). The van der Waals surface area contributed by atoms with Gasteiger partial charge in [0.15, 0.2) is 0 Å². The smallest absolute Gasteiger partial charge is 0.247 e. The number of fused-ring (bicyclic) bond motifs is 3. The molecular weight excluding hydrogens is 357 g/mol. The number of carbonyl (C=O) groups excluding carboxylic acids is 2. The van der Waals surface area contributed by atoms with Gasteiger partial charge in [0.2, 0.25) is 11.8 Å². The number of halogens is 2. The third kappa shape index (κ3) is 3.01. The van der Waals surface area contributed by atoms with Gasteiger partial charge in [0.05, 0.1) is 17.8 Å². The molecule has 0 aromatic heterocycles. The van der Waals surface area contributed by atoms with E-state index in [1.54, 1.807) is 6.07 Å². The first-order chi connectivity index (χ1) is 12.5. The van der Waals surface area contributed by atoms with Crippen LogP contribution in [-0.2, 0) is 16.0 Å². The number of hydrogen-bond donors (Lipinski definition) is 2. The Bertz CT molecular complexity index is 869. The fourth-order valence-corrected chi connectivity index (χ4v) is 3.87. The summed E-state index contributed by atoms with van der Waals surface area (Å²) in [5, 5.41) is 6.04. The molecule has 2 aliphatic rings. The minimum atomic E-state index is -0.496. The van der Waals surface area contributed by atoms with Gasteiger partial charge < -0.3 is 15.5 Å². The molecule has 2 heterocycles. The lowest BCUT2D eigenvalue weighted by Gasteiger charge is -2.32. The number of rotatable bonds is 3. The molecule has 0 spiro atoms. The number of nitrogens with zero attached hydrogens (tertiary/aromatic N) is 1. The lowest BCUT2D eigenvalue weighted by Crippen LogP contribution is -2.44. The van der Waals surface area contributed by atoms with Crippen molar-refractivity contribution >= 4 is 34.8 Å². The summed E-state index contributed by atoms with van der Waals surface area (Å²) < 4.78 is 13.9. The summed E-state index contributed by atoms with van der Waals surface area (Å²) in [6.45, 7) is 0.534. The maximum atomic E-state index is 13.9. The zero-order chi connectivity index (χ0) is 18.3. The molecule has 1 fully saturated rings. The molecule has 0 aliphatic carbocycles. The Labute approximate surface area is 155 Å². The topological polar surface area (TPSA) is 61.4 Å². The van der Waals surface area contributed by atoms with Crippen molar-refractivity contribution in [2.24, 2.45) is 0 Å². The highest BCUT2D eigenvalue weighted by Gasteiger charge is 2.41. The normalized spacial score (nSPS) is 21.0. The van der Waals surface area contributed by atoms with Crippen LogP contribution in [0.3, 0.4) is 0 Å². The van der Waals surface area contributed by atoms with Crippen molar-refractivity contribution in [2.75, 3.05) is 16.8 Å². The number of anilines is 2. The third-order valence-electron chi connectivity index (χ3n) is 4.84. The Hall–Kier alpha value is -2.60. The van der Waals surface area contributed by atoms with E-state index in [-0.39, 0.29) is 40.9 Å². The van der Waals surface area contributed by atoms with Crippen molar-refractivity contribution < 1.29 is 14.0 Å². The van der Waals surface area contributed by atoms with E-state index in [9.17, 15) is 14.0 Å². The largest absolute Gasteiger partial charge is 0.356 e. The van der Waals surface area contributed by atoms with E-state index < -0.39 is 5.82 Å². The summed E-state index contributed by atoms with van der Waals surface area (Å²) in [4.78, 5) is 26.7. The zero-order valence-electron chi connectivity index (χ0n) is 13.8. The van der Waals surface area contributed by atoms with Gasteiger partial charge in [-0.3, -0.25) is 9.59 Å². The predicted molar refractivity (Wildman–Crippen MR) is 97.9 cm³/mol. The second kappa shape index (κ2) is 6.61. The summed E-state index contributed by atoms with van der Waals surface area (Å²) in [5.74, 6) is -0.877. The first-order valence-corrected chi connectivity index (χ1v) is 8.79. The van der Waals surface area contributed by atoms with Gasteiger partial charge in [0, 0.05) is 23.2 Å². The molecule has 2 N–H and O–H groups in total. The number of carbonyl (C=O) groups is 2. The number of hydrogen-bond acceptors (Lipinski definition) is 3. The van der Waals surface area contributed by atoms with Gasteiger partial charge in [0.25, 0.3) is 0 Å². The molecule has 2 aliphatic heterocycles. The van der Waals surface area contributed by atoms with Gasteiger partial charge in [-0.15, -0.1) is 0 Å². The van der Waals surface area contributed by atoms with E-state index in [4.69, 9.17) is 11.6 Å². The van der Waals surface area contributed by atoms with Crippen LogP contribution in [0, 0.1) is 5.82 Å². The van der Waals surface area contributed by atoms with E-state index in [2.05, 4.69) is 10.6 Å². The number of nitrogens with one attached hydrogen (secondary N) is 2. The zero-order valence-corrected chi connectivity index (χ0v) is 14.6. The second-order valence-corrected chi connectivity index (χ2v) is 6.96. The minimum Gasteiger partial charge on any atom is -0.356 e. The van der Waals surface area contributed by atoms with Gasteiger partial charge in [-0.2, -0.15) is 0 Å². The summed E-state index contributed by atoms with van der Waals surface area (Å²) in [6.07, 6.45) is 0.381. The molecule has 134 valence electrons. The van der Waals surface area contributed by atoms with Crippen molar-refractivity contribution in [2.45, 2.75) is 24.9 Å². The SMILES string of the molecule is O=C(Cc1c(F)cccc1Cl)NC1CC2C(=O)Nc3ccccc3N2C1. The van der Waals surface area contributed by atoms with Gasteiger partial charge >= 0.3 is 0 Å². The van der Waals surface area contributed by atoms with Crippen LogP contribution in [-0.4, -0.2) is 30.4 Å². The first-order valence-electron chi connectivity index (χ1n) is 8.41. The van der Waals surface area contributed by atoms with Gasteiger partial charge in [-0.1, -0.05) is 29.8 Å². The second-order valence-electron chi connectivity index (χ2n) is 6.55. The van der Waals surface area contributed by atoms with Gasteiger partial charge in [-0.05, 0) is 30.7 Å². The van der Waals surface area contributed by atoms with Crippen LogP contribution >= 0.6 is 11.6 Å². The van der Waals surface area contributed by atoms with E-state index in [1.165, 1.54) is 12.1 Å². The van der Waals surface area contributed by atoms with Crippen molar-refractivity contribution in [1.29, 1.82) is 0 Å². The first kappa shape index (κ1) is 16.8. The molecule has 2 unspecified atom stereocenters. The van der Waals surface area contributed by atoms with Gasteiger partial charge in [0.1, 0.15) is 11.9 Å². The molecule has 0 radical (unpaired) electrons. The third-order valence-corrected chi connectivity index (χ3v) is 5.19. The molecule has 0 bridgehead atoms. The van der Waals surface area contributed by atoms with Crippen LogP contribution < -0.4 is 15.5 Å². The van der Waals surface area contributed by atoms with E-state index in [0.717, 1.165) is 11.4 Å². The predicted octanol–water partition coefficient (Wildman–Crippen LogP) is 2.74. The Morgan fingerprint density at radius 1 is 1.27 bits per heavy atom. The highest BCUT2D eigenvalue weighted by molar-refractivity contribution is 6.31. The summed E-state index contributed by atoms with van der Waals surface area (Å²) in [7, 11) is 0. The lowest BCUT2D eigenvalue weighted by atomic mass is 10.1. The Morgan fingerprint density at radius 2 is 2.08 bits per heavy atom. The summed E-state index contributed by atoms with van der Waals surface area (Å²) in [5.41, 5.74) is 1.91. The molecular formula is C19H17ClFN3O2. The highest BCUT2D eigenvalue weighted by Crippen LogP contribution is 2.36. The number of amides is 2. The Kier molecular flexibility index (Phi) is 4.28. The molecule has 2 aromatic carbocycles. The maximum absolute atomic E-state index is 13.9. The number of para-hydroxylation sites is 2. The van der Waals surface area contributed by atoms with Crippen molar-refractivity contribution in [3.63, 3.8) is 0 Å². The Morgan fingerprint density at radius 3 is 2.88 bits per heavy atom. The molecule has 5 nitrogen and oxygen atoms in total. The molecule has 1 saturated heterocycles. The quantitative estimate of drug-likeness (QED) is 0.869. The molecule has 2 atom stereocenters. The van der Waals surface area contributed by atoms with Crippen molar-refractivity contribution in [3.05, 3.63) is 58.9 Å². The lowest BCUT2D eigenvalue weighted by molar-refractivity contribution is -0.121. The fourth-order valence-electron chi connectivity index (χ4n) is 3.64. The van der Waals surface area contributed by atoms with Crippen LogP contribution in [0.25, 0.3) is 0 Å². The van der Waals surface area contributed by atoms with Crippen LogP contribution in [0.2, 0.25) is 5.02 Å². The van der Waals surface area contributed by atoms with Gasteiger partial charge in [-0.25, -0.2) is 4.39 Å². The van der Waals surface area contributed by atoms with Crippen LogP contribution in [0.5, 0.6) is 0 Å². The van der Waals surface area contributed by atoms with E-state index >= 15 is 0 Å². The molecule has 7 heteroatoms. The highest BCUT2D eigenvalue weighted by atomic mass is 35.5. The van der Waals surface area contributed by atoms with Crippen molar-refractivity contribution in [3.8, 4) is 0 Å². The van der Waals surface area contributed by atoms with Crippen LogP contribution in [0.1, 0.15) is 12.0 Å². The standard InChI is InChI=1S/C19H17ClFN3O2/c20-13-4-3-5-14(21)12(13)9-18(25)22-11-8-17-19(26)23-15-6-1-2-7-16(15)24(17)10-11/h1-7,11,17H,8-10H2,(H,22,25)(H,23,26). The molecule has 0 saturated carbocycles. The molecule has 2 aromatic rings. The monoisotopic (exact) mass is 373 g/mol. The van der Waals surface area contributed by atoms with E-state index in [1.807, 2.05) is 29.2 Å². The van der Waals surface area contributed by atoms with Crippen molar-refractivity contribution in [1.82, 2.24) is 5.32 Å². The van der Waals surface area contributed by atoms with E-state index in [0.29, 0.717) is 13.0 Å². The average Bonchev–Trinajstić information content (AvgIpc) is 3.03. The number of benzene rings is 2. The summed E-state index contributed by atoms with van der Waals surface area (Å²) in [6, 6.07) is 11.4. The molecule has 2 amide bonds. The Balaban J connectivity index is 1.46. The summed E-state index contributed by atoms with van der Waals surface area (Å²) >= 11 is 5.98. The fraction of sp³-hybridized carbons (Fsp3) is 0.263. The average molecular weight is 374 g/mol. The molecule has 26 heavy (non-hydrogen) atoms. The minimum absolute atomic E-state index is 0.0717. The maximum Gasteiger partial charge on any atom is 0.247 e. The van der Waals surface area contributed by atoms with Crippen LogP contribution in [0.4, 0.5) is 15.8 Å².